The number of carbonyl (C=O) groups excluding carboxylic acids is 1. The third-order valence-corrected chi connectivity index (χ3v) is 4.86. The molecule has 2 aromatic rings. The molecule has 0 saturated heterocycles. The van der Waals surface area contributed by atoms with Crippen LogP contribution in [-0.4, -0.2) is 21.4 Å². The first-order valence-electron chi connectivity index (χ1n) is 6.13. The number of amides is 1. The fourth-order valence-corrected chi connectivity index (χ4v) is 2.78. The Labute approximate surface area is 138 Å². The SMILES string of the molecule is CNS(=O)(=O)c1ccc(Cl)c(C(=O)Nc2ccc(Cl)cc2)c1. The van der Waals surface area contributed by atoms with Gasteiger partial charge in [-0.15, -0.1) is 0 Å². The number of hydrogen-bond donors (Lipinski definition) is 2. The summed E-state index contributed by atoms with van der Waals surface area (Å²) < 4.78 is 25.7. The van der Waals surface area contributed by atoms with E-state index in [1.807, 2.05) is 0 Å². The van der Waals surface area contributed by atoms with E-state index < -0.39 is 15.9 Å². The fraction of sp³-hybridized carbons (Fsp3) is 0.0714. The molecule has 0 spiro atoms. The van der Waals surface area contributed by atoms with Gasteiger partial charge in [-0.25, -0.2) is 13.1 Å². The van der Waals surface area contributed by atoms with E-state index in [9.17, 15) is 13.2 Å². The summed E-state index contributed by atoms with van der Waals surface area (Å²) in [7, 11) is -2.37. The van der Waals surface area contributed by atoms with Crippen LogP contribution in [0, 0.1) is 0 Å². The first kappa shape index (κ1) is 16.8. The lowest BCUT2D eigenvalue weighted by molar-refractivity contribution is 0.102. The molecule has 0 aliphatic heterocycles. The lowest BCUT2D eigenvalue weighted by Gasteiger charge is -2.09. The smallest absolute Gasteiger partial charge is 0.257 e. The molecule has 0 saturated carbocycles. The van der Waals surface area contributed by atoms with Crippen LogP contribution in [0.25, 0.3) is 0 Å². The van der Waals surface area contributed by atoms with Crippen molar-refractivity contribution in [1.29, 1.82) is 0 Å². The standard InChI is InChI=1S/C14H12Cl2N2O3S/c1-17-22(20,21)11-6-7-13(16)12(8-11)14(19)18-10-4-2-9(15)3-5-10/h2-8,17H,1H3,(H,18,19). The van der Waals surface area contributed by atoms with Crippen LogP contribution in [0.15, 0.2) is 47.4 Å². The van der Waals surface area contributed by atoms with Gasteiger partial charge in [-0.2, -0.15) is 0 Å². The summed E-state index contributed by atoms with van der Waals surface area (Å²) in [4.78, 5) is 12.2. The van der Waals surface area contributed by atoms with Crippen LogP contribution in [0.4, 0.5) is 5.69 Å². The van der Waals surface area contributed by atoms with Crippen LogP contribution in [0.2, 0.25) is 10.0 Å². The first-order valence-corrected chi connectivity index (χ1v) is 8.37. The van der Waals surface area contributed by atoms with Gasteiger partial charge in [0.15, 0.2) is 0 Å². The minimum absolute atomic E-state index is 0.0411. The van der Waals surface area contributed by atoms with Crippen molar-refractivity contribution in [1.82, 2.24) is 4.72 Å². The van der Waals surface area contributed by atoms with Crippen molar-refractivity contribution in [3.8, 4) is 0 Å². The van der Waals surface area contributed by atoms with Crippen molar-refractivity contribution >= 4 is 44.8 Å². The topological polar surface area (TPSA) is 75.3 Å². The first-order chi connectivity index (χ1) is 10.3. The minimum Gasteiger partial charge on any atom is -0.322 e. The summed E-state index contributed by atoms with van der Waals surface area (Å²) in [6, 6.07) is 10.4. The molecule has 0 heterocycles. The highest BCUT2D eigenvalue weighted by Gasteiger charge is 2.17. The Morgan fingerprint density at radius 2 is 1.68 bits per heavy atom. The monoisotopic (exact) mass is 358 g/mol. The summed E-state index contributed by atoms with van der Waals surface area (Å²) in [5, 5.41) is 3.32. The number of anilines is 1. The highest BCUT2D eigenvalue weighted by Crippen LogP contribution is 2.22. The molecule has 0 aliphatic rings. The average molecular weight is 359 g/mol. The van der Waals surface area contributed by atoms with Gasteiger partial charge in [0.25, 0.3) is 5.91 Å². The molecule has 0 unspecified atom stereocenters. The lowest BCUT2D eigenvalue weighted by Crippen LogP contribution is -2.20. The number of rotatable bonds is 4. The quantitative estimate of drug-likeness (QED) is 0.881. The summed E-state index contributed by atoms with van der Waals surface area (Å²) in [5.74, 6) is -0.513. The maximum atomic E-state index is 12.2. The van der Waals surface area contributed by atoms with Gasteiger partial charge in [-0.05, 0) is 49.5 Å². The lowest BCUT2D eigenvalue weighted by atomic mass is 10.2. The molecule has 2 aromatic carbocycles. The third-order valence-electron chi connectivity index (χ3n) is 2.86. The molecule has 22 heavy (non-hydrogen) atoms. The molecule has 8 heteroatoms. The molecular formula is C14H12Cl2N2O3S. The average Bonchev–Trinajstić information content (AvgIpc) is 2.49. The fourth-order valence-electron chi connectivity index (χ4n) is 1.70. The van der Waals surface area contributed by atoms with E-state index in [2.05, 4.69) is 10.0 Å². The number of sulfonamides is 1. The van der Waals surface area contributed by atoms with Gasteiger partial charge >= 0.3 is 0 Å². The zero-order chi connectivity index (χ0) is 16.3. The number of nitrogens with one attached hydrogen (secondary N) is 2. The van der Waals surface area contributed by atoms with E-state index in [4.69, 9.17) is 23.2 Å². The Kier molecular flexibility index (Phi) is 5.08. The van der Waals surface area contributed by atoms with Crippen molar-refractivity contribution in [2.24, 2.45) is 0 Å². The largest absolute Gasteiger partial charge is 0.322 e. The van der Waals surface area contributed by atoms with Crippen LogP contribution < -0.4 is 10.0 Å². The Morgan fingerprint density at radius 3 is 2.27 bits per heavy atom. The van der Waals surface area contributed by atoms with E-state index in [1.54, 1.807) is 24.3 Å². The van der Waals surface area contributed by atoms with Crippen LogP contribution in [-0.2, 0) is 10.0 Å². The summed E-state index contributed by atoms with van der Waals surface area (Å²) in [6.07, 6.45) is 0. The molecule has 1 amide bonds. The van der Waals surface area contributed by atoms with Gasteiger partial charge in [-0.1, -0.05) is 23.2 Å². The Hall–Kier alpha value is -1.60. The molecule has 0 radical (unpaired) electrons. The number of carbonyl (C=O) groups is 1. The molecule has 0 aliphatic carbocycles. The number of benzene rings is 2. The normalized spacial score (nSPS) is 11.2. The Morgan fingerprint density at radius 1 is 1.05 bits per heavy atom. The Bertz CT molecular complexity index is 805. The van der Waals surface area contributed by atoms with Crippen molar-refractivity contribution in [2.75, 3.05) is 12.4 Å². The molecule has 2 N–H and O–H groups in total. The zero-order valence-corrected chi connectivity index (χ0v) is 13.8. The predicted molar refractivity (Wildman–Crippen MR) is 87.1 cm³/mol. The molecule has 0 fully saturated rings. The third kappa shape index (κ3) is 3.78. The second-order valence-corrected chi connectivity index (χ2v) is 7.04. The minimum atomic E-state index is -3.66. The number of hydrogen-bond acceptors (Lipinski definition) is 3. The maximum Gasteiger partial charge on any atom is 0.257 e. The van der Waals surface area contributed by atoms with Gasteiger partial charge in [0.1, 0.15) is 0 Å². The highest BCUT2D eigenvalue weighted by molar-refractivity contribution is 7.89. The molecular weight excluding hydrogens is 347 g/mol. The molecule has 0 bridgehead atoms. The zero-order valence-electron chi connectivity index (χ0n) is 11.4. The molecule has 0 aromatic heterocycles. The number of halogens is 2. The Balaban J connectivity index is 2.33. The van der Waals surface area contributed by atoms with Gasteiger partial charge in [0.05, 0.1) is 15.5 Å². The second kappa shape index (κ2) is 6.66. The predicted octanol–water partition coefficient (Wildman–Crippen LogP) is 3.15. The summed E-state index contributed by atoms with van der Waals surface area (Å²) >= 11 is 11.7. The van der Waals surface area contributed by atoms with Crippen molar-refractivity contribution in [3.63, 3.8) is 0 Å². The molecule has 2 rings (SSSR count). The van der Waals surface area contributed by atoms with E-state index in [-0.39, 0.29) is 15.5 Å². The van der Waals surface area contributed by atoms with Crippen molar-refractivity contribution in [2.45, 2.75) is 4.90 Å². The second-order valence-electron chi connectivity index (χ2n) is 4.31. The van der Waals surface area contributed by atoms with Gasteiger partial charge in [-0.3, -0.25) is 4.79 Å². The van der Waals surface area contributed by atoms with E-state index in [0.29, 0.717) is 10.7 Å². The summed E-state index contributed by atoms with van der Waals surface area (Å²) in [5.41, 5.74) is 0.584. The molecule has 5 nitrogen and oxygen atoms in total. The van der Waals surface area contributed by atoms with Crippen LogP contribution in [0.5, 0.6) is 0 Å². The van der Waals surface area contributed by atoms with Crippen LogP contribution in [0.3, 0.4) is 0 Å². The van der Waals surface area contributed by atoms with Crippen LogP contribution >= 0.6 is 23.2 Å². The molecule has 0 atom stereocenters. The van der Waals surface area contributed by atoms with Crippen molar-refractivity contribution < 1.29 is 13.2 Å². The van der Waals surface area contributed by atoms with Gasteiger partial charge < -0.3 is 5.32 Å². The highest BCUT2D eigenvalue weighted by atomic mass is 35.5. The van der Waals surface area contributed by atoms with Gasteiger partial charge in [0.2, 0.25) is 10.0 Å². The summed E-state index contributed by atoms with van der Waals surface area (Å²) in [6.45, 7) is 0. The van der Waals surface area contributed by atoms with Crippen LogP contribution in [0.1, 0.15) is 10.4 Å². The maximum absolute atomic E-state index is 12.2. The van der Waals surface area contributed by atoms with E-state index >= 15 is 0 Å². The van der Waals surface area contributed by atoms with Gasteiger partial charge in [0, 0.05) is 10.7 Å². The molecule has 116 valence electrons. The van der Waals surface area contributed by atoms with E-state index in [0.717, 1.165) is 0 Å². The van der Waals surface area contributed by atoms with E-state index in [1.165, 1.54) is 25.2 Å². The van der Waals surface area contributed by atoms with Crippen molar-refractivity contribution in [3.05, 3.63) is 58.1 Å².